The van der Waals surface area contributed by atoms with Crippen molar-refractivity contribution in [3.8, 4) is 17.6 Å². The molecule has 0 aromatic carbocycles. The first-order chi connectivity index (χ1) is 15.4. The Bertz CT molecular complexity index is 1070. The highest BCUT2D eigenvalue weighted by molar-refractivity contribution is 5.89. The largest absolute Gasteiger partial charge is 0.477 e. The smallest absolute Gasteiger partial charge is 0.433 e. The van der Waals surface area contributed by atoms with Crippen molar-refractivity contribution < 1.29 is 32.2 Å². The molecular formula is C20H18F3N5O4. The molecule has 1 aliphatic heterocycles. The minimum absolute atomic E-state index is 0.102. The Hall–Kier alpha value is -3.54. The zero-order valence-corrected chi connectivity index (χ0v) is 16.7. The van der Waals surface area contributed by atoms with E-state index in [4.69, 9.17) is 14.2 Å². The van der Waals surface area contributed by atoms with Gasteiger partial charge in [0.05, 0.1) is 6.61 Å². The predicted molar refractivity (Wildman–Crippen MR) is 102 cm³/mol. The lowest BCUT2D eigenvalue weighted by molar-refractivity contribution is -0.141. The van der Waals surface area contributed by atoms with Gasteiger partial charge in [0.15, 0.2) is 5.69 Å². The van der Waals surface area contributed by atoms with Gasteiger partial charge in [-0.05, 0) is 24.8 Å². The van der Waals surface area contributed by atoms with Gasteiger partial charge in [-0.2, -0.15) is 18.2 Å². The number of nitrogens with zero attached hydrogens (tertiary/aromatic N) is 5. The summed E-state index contributed by atoms with van der Waals surface area (Å²) in [4.78, 5) is 28.2. The molecule has 1 saturated heterocycles. The Morgan fingerprint density at radius 2 is 2.00 bits per heavy atom. The summed E-state index contributed by atoms with van der Waals surface area (Å²) in [5.74, 6) is -0.769. The fourth-order valence-electron chi connectivity index (χ4n) is 2.99. The Balaban J connectivity index is 1.56. The molecule has 1 aliphatic rings. The number of hydrogen-bond acceptors (Lipinski definition) is 8. The van der Waals surface area contributed by atoms with Crippen molar-refractivity contribution in [1.82, 2.24) is 24.5 Å². The second kappa shape index (κ2) is 9.30. The van der Waals surface area contributed by atoms with Gasteiger partial charge in [-0.3, -0.25) is 9.55 Å². The van der Waals surface area contributed by atoms with Gasteiger partial charge in [-0.25, -0.2) is 14.8 Å². The van der Waals surface area contributed by atoms with Gasteiger partial charge in [-0.1, -0.05) is 0 Å². The fraction of sp³-hybridized carbons (Fsp3) is 0.350. The summed E-state index contributed by atoms with van der Waals surface area (Å²) < 4.78 is 56.3. The molecule has 12 heteroatoms. The molecule has 0 saturated carbocycles. The first kappa shape index (κ1) is 21.7. The Kier molecular flexibility index (Phi) is 6.30. The maximum atomic E-state index is 12.9. The molecule has 0 atom stereocenters. The molecule has 0 bridgehead atoms. The molecule has 1 fully saturated rings. The SMILES string of the molecule is O=C(Oc1ccnc(C(F)(F)F)c1)c1cc(OCC2CCOCC2)nc(-n2ccnc2)n1. The number of carbonyl (C=O) groups excluding carboxylic acids is 1. The molecule has 4 rings (SSSR count). The third-order valence-corrected chi connectivity index (χ3v) is 4.68. The number of imidazole rings is 1. The number of halogens is 3. The second-order valence-electron chi connectivity index (χ2n) is 6.99. The van der Waals surface area contributed by atoms with Crippen LogP contribution >= 0.6 is 0 Å². The predicted octanol–water partition coefficient (Wildman–Crippen LogP) is 3.10. The van der Waals surface area contributed by atoms with Crippen LogP contribution in [0.2, 0.25) is 0 Å². The first-order valence-corrected chi connectivity index (χ1v) is 9.72. The van der Waals surface area contributed by atoms with Crippen molar-refractivity contribution in [3.05, 3.63) is 54.5 Å². The summed E-state index contributed by atoms with van der Waals surface area (Å²) in [5.41, 5.74) is -1.36. The lowest BCUT2D eigenvalue weighted by Crippen LogP contribution is -2.22. The molecular weight excluding hydrogens is 431 g/mol. The van der Waals surface area contributed by atoms with E-state index in [1.54, 1.807) is 6.20 Å². The summed E-state index contributed by atoms with van der Waals surface area (Å²) in [7, 11) is 0. The van der Waals surface area contributed by atoms with Gasteiger partial charge in [0.25, 0.3) is 0 Å². The number of rotatable bonds is 6. The van der Waals surface area contributed by atoms with Crippen LogP contribution in [0.3, 0.4) is 0 Å². The first-order valence-electron chi connectivity index (χ1n) is 9.72. The maximum Gasteiger partial charge on any atom is 0.433 e. The van der Waals surface area contributed by atoms with E-state index in [0.29, 0.717) is 25.9 Å². The van der Waals surface area contributed by atoms with E-state index < -0.39 is 17.8 Å². The highest BCUT2D eigenvalue weighted by atomic mass is 19.4. The molecule has 0 N–H and O–H groups in total. The molecule has 168 valence electrons. The zero-order valence-electron chi connectivity index (χ0n) is 16.7. The van der Waals surface area contributed by atoms with Crippen LogP contribution in [-0.2, 0) is 10.9 Å². The monoisotopic (exact) mass is 449 g/mol. The van der Waals surface area contributed by atoms with Gasteiger partial charge in [0.1, 0.15) is 17.8 Å². The Morgan fingerprint density at radius 3 is 2.72 bits per heavy atom. The molecule has 0 spiro atoms. The lowest BCUT2D eigenvalue weighted by atomic mass is 10.0. The highest BCUT2D eigenvalue weighted by Gasteiger charge is 2.33. The van der Waals surface area contributed by atoms with Crippen molar-refractivity contribution >= 4 is 5.97 Å². The molecule has 9 nitrogen and oxygen atoms in total. The molecule has 3 aromatic rings. The van der Waals surface area contributed by atoms with Crippen molar-refractivity contribution in [1.29, 1.82) is 0 Å². The van der Waals surface area contributed by atoms with E-state index in [-0.39, 0.29) is 29.2 Å². The van der Waals surface area contributed by atoms with Crippen LogP contribution < -0.4 is 9.47 Å². The van der Waals surface area contributed by atoms with Crippen LogP contribution in [-0.4, -0.2) is 50.3 Å². The average Bonchev–Trinajstić information content (AvgIpc) is 3.33. The second-order valence-corrected chi connectivity index (χ2v) is 6.99. The van der Waals surface area contributed by atoms with E-state index in [1.807, 2.05) is 0 Å². The topological polar surface area (TPSA) is 101 Å². The number of aromatic nitrogens is 5. The van der Waals surface area contributed by atoms with E-state index in [2.05, 4.69) is 19.9 Å². The van der Waals surface area contributed by atoms with Crippen LogP contribution in [0.4, 0.5) is 13.2 Å². The lowest BCUT2D eigenvalue weighted by Gasteiger charge is -2.21. The quantitative estimate of drug-likeness (QED) is 0.529. The molecule has 4 heterocycles. The van der Waals surface area contributed by atoms with Crippen molar-refractivity contribution in [2.75, 3.05) is 19.8 Å². The molecule has 0 amide bonds. The van der Waals surface area contributed by atoms with Crippen molar-refractivity contribution in [3.63, 3.8) is 0 Å². The van der Waals surface area contributed by atoms with Crippen LogP contribution in [0, 0.1) is 5.92 Å². The van der Waals surface area contributed by atoms with Crippen molar-refractivity contribution in [2.45, 2.75) is 19.0 Å². The minimum Gasteiger partial charge on any atom is -0.477 e. The normalized spacial score (nSPS) is 14.8. The third kappa shape index (κ3) is 5.38. The summed E-state index contributed by atoms with van der Waals surface area (Å²) in [5, 5.41) is 0. The fourth-order valence-corrected chi connectivity index (χ4v) is 2.99. The van der Waals surface area contributed by atoms with Crippen LogP contribution in [0.25, 0.3) is 5.95 Å². The molecule has 32 heavy (non-hydrogen) atoms. The van der Waals surface area contributed by atoms with E-state index in [1.165, 1.54) is 23.2 Å². The summed E-state index contributed by atoms with van der Waals surface area (Å²) in [6.45, 7) is 1.68. The molecule has 0 unspecified atom stereocenters. The molecule has 3 aromatic heterocycles. The van der Waals surface area contributed by atoms with Crippen LogP contribution in [0.5, 0.6) is 11.6 Å². The van der Waals surface area contributed by atoms with Gasteiger partial charge < -0.3 is 14.2 Å². The maximum absolute atomic E-state index is 12.9. The highest BCUT2D eigenvalue weighted by Crippen LogP contribution is 2.29. The Labute approximate surface area is 180 Å². The third-order valence-electron chi connectivity index (χ3n) is 4.68. The van der Waals surface area contributed by atoms with Crippen LogP contribution in [0.1, 0.15) is 29.0 Å². The van der Waals surface area contributed by atoms with E-state index in [9.17, 15) is 18.0 Å². The van der Waals surface area contributed by atoms with Crippen molar-refractivity contribution in [2.24, 2.45) is 5.92 Å². The zero-order chi connectivity index (χ0) is 22.6. The van der Waals surface area contributed by atoms with Gasteiger partial charge in [0, 0.05) is 43.9 Å². The van der Waals surface area contributed by atoms with Gasteiger partial charge >= 0.3 is 12.1 Å². The number of alkyl halides is 3. The standard InChI is InChI=1S/C20H18F3N5O4/c21-20(22,23)16-9-14(1-4-25-16)32-18(29)15-10-17(31-11-13-2-7-30-8-3-13)27-19(26-15)28-6-5-24-12-28/h1,4-6,9-10,12-13H,2-3,7-8,11H2. The molecule has 0 radical (unpaired) electrons. The van der Waals surface area contributed by atoms with Crippen LogP contribution in [0.15, 0.2) is 43.1 Å². The van der Waals surface area contributed by atoms with Gasteiger partial charge in [0.2, 0.25) is 11.8 Å². The summed E-state index contributed by atoms with van der Waals surface area (Å²) >= 11 is 0. The average molecular weight is 449 g/mol. The number of esters is 1. The summed E-state index contributed by atoms with van der Waals surface area (Å²) in [6, 6.07) is 3.07. The van der Waals surface area contributed by atoms with E-state index >= 15 is 0 Å². The number of hydrogen-bond donors (Lipinski definition) is 0. The minimum atomic E-state index is -4.67. The number of pyridine rings is 1. The summed E-state index contributed by atoms with van der Waals surface area (Å²) in [6.07, 6.45) is 2.45. The number of ether oxygens (including phenoxy) is 3. The number of carbonyl (C=O) groups is 1. The molecule has 0 aliphatic carbocycles. The van der Waals surface area contributed by atoms with E-state index in [0.717, 1.165) is 25.1 Å². The van der Waals surface area contributed by atoms with Gasteiger partial charge in [-0.15, -0.1) is 0 Å². The Morgan fingerprint density at radius 1 is 1.19 bits per heavy atom.